The van der Waals surface area contributed by atoms with E-state index in [-0.39, 0.29) is 11.7 Å². The maximum atomic E-state index is 12.6. The van der Waals surface area contributed by atoms with Gasteiger partial charge in [-0.05, 0) is 69.0 Å². The number of carbonyl (C=O) groups excluding carboxylic acids is 1. The summed E-state index contributed by atoms with van der Waals surface area (Å²) in [5.74, 6) is 0.899. The van der Waals surface area contributed by atoms with Crippen molar-refractivity contribution < 1.29 is 9.53 Å². The molecule has 7 heteroatoms. The van der Waals surface area contributed by atoms with E-state index in [2.05, 4.69) is 16.0 Å². The first-order chi connectivity index (χ1) is 14.6. The number of nitrogens with zero attached hydrogens (tertiary/aromatic N) is 3. The van der Waals surface area contributed by atoms with Crippen LogP contribution in [0.2, 0.25) is 0 Å². The van der Waals surface area contributed by atoms with E-state index in [1.165, 1.54) is 11.8 Å². The number of thioether (sulfide) groups is 1. The lowest BCUT2D eigenvalue weighted by Crippen LogP contribution is -2.45. The number of aromatic nitrogens is 2. The summed E-state index contributed by atoms with van der Waals surface area (Å²) in [5.41, 5.74) is 2.11. The lowest BCUT2D eigenvalue weighted by molar-refractivity contribution is -0.119. The summed E-state index contributed by atoms with van der Waals surface area (Å²) in [6, 6.07) is 18.1. The Bertz CT molecular complexity index is 1080. The van der Waals surface area contributed by atoms with Crippen LogP contribution in [0.3, 0.4) is 0 Å². The van der Waals surface area contributed by atoms with E-state index in [1.807, 2.05) is 55.5 Å². The fourth-order valence-electron chi connectivity index (χ4n) is 3.88. The van der Waals surface area contributed by atoms with E-state index in [1.54, 1.807) is 0 Å². The summed E-state index contributed by atoms with van der Waals surface area (Å²) in [5, 5.41) is 13.2. The van der Waals surface area contributed by atoms with Crippen LogP contribution < -0.4 is 10.1 Å². The van der Waals surface area contributed by atoms with Crippen molar-refractivity contribution in [1.29, 1.82) is 5.26 Å². The molecule has 4 rings (SSSR count). The topological polar surface area (TPSA) is 79.9 Å². The number of amides is 1. The van der Waals surface area contributed by atoms with Crippen LogP contribution in [-0.4, -0.2) is 33.4 Å². The van der Waals surface area contributed by atoms with Gasteiger partial charge >= 0.3 is 0 Å². The molecule has 154 valence electrons. The van der Waals surface area contributed by atoms with Crippen molar-refractivity contribution in [2.24, 2.45) is 0 Å². The van der Waals surface area contributed by atoms with Crippen molar-refractivity contribution in [3.63, 3.8) is 0 Å². The zero-order valence-corrected chi connectivity index (χ0v) is 17.7. The molecular weight excluding hydrogens is 396 g/mol. The SMILES string of the molecule is CCOc1ccc(-n2c(SCC(=O)NC3(C#N)CCCC3)nc3ccccc32)cc1. The predicted octanol–water partition coefficient (Wildman–Crippen LogP) is 4.47. The molecule has 0 aliphatic heterocycles. The Morgan fingerprint density at radius 2 is 1.97 bits per heavy atom. The van der Waals surface area contributed by atoms with Gasteiger partial charge in [0.2, 0.25) is 5.91 Å². The zero-order chi connectivity index (χ0) is 21.0. The largest absolute Gasteiger partial charge is 0.494 e. The molecule has 0 unspecified atom stereocenters. The van der Waals surface area contributed by atoms with Crippen molar-refractivity contribution in [1.82, 2.24) is 14.9 Å². The number of carbonyl (C=O) groups is 1. The van der Waals surface area contributed by atoms with E-state index < -0.39 is 5.54 Å². The van der Waals surface area contributed by atoms with Gasteiger partial charge in [-0.15, -0.1) is 0 Å². The maximum absolute atomic E-state index is 12.6. The quantitative estimate of drug-likeness (QED) is 0.571. The molecular formula is C23H24N4O2S. The second-order valence-electron chi connectivity index (χ2n) is 7.38. The summed E-state index contributed by atoms with van der Waals surface area (Å²) in [7, 11) is 0. The molecule has 0 atom stereocenters. The molecule has 30 heavy (non-hydrogen) atoms. The standard InChI is InChI=1S/C23H24N4O2S/c1-2-29-18-11-9-17(10-12-18)27-20-8-4-3-7-19(20)25-22(27)30-15-21(28)26-23(16-24)13-5-6-14-23/h3-4,7-12H,2,5-6,13-15H2,1H3,(H,26,28). The van der Waals surface area contributed by atoms with E-state index in [4.69, 9.17) is 9.72 Å². The number of ether oxygens (including phenoxy) is 1. The van der Waals surface area contributed by atoms with E-state index in [0.29, 0.717) is 6.61 Å². The fourth-order valence-corrected chi connectivity index (χ4v) is 4.71. The van der Waals surface area contributed by atoms with Crippen molar-refractivity contribution in [2.75, 3.05) is 12.4 Å². The Hall–Kier alpha value is -2.98. The number of imidazole rings is 1. The first-order valence-electron chi connectivity index (χ1n) is 10.2. The van der Waals surface area contributed by atoms with Crippen molar-refractivity contribution in [3.8, 4) is 17.5 Å². The Labute approximate surface area is 180 Å². The monoisotopic (exact) mass is 420 g/mol. The summed E-state index contributed by atoms with van der Waals surface area (Å²) in [6.07, 6.45) is 3.41. The number of fused-ring (bicyclic) bond motifs is 1. The van der Waals surface area contributed by atoms with Gasteiger partial charge in [-0.25, -0.2) is 4.98 Å². The highest BCUT2D eigenvalue weighted by Crippen LogP contribution is 2.31. The first-order valence-corrected chi connectivity index (χ1v) is 11.2. The van der Waals surface area contributed by atoms with Crippen LogP contribution >= 0.6 is 11.8 Å². The van der Waals surface area contributed by atoms with Gasteiger partial charge in [0.15, 0.2) is 5.16 Å². The minimum atomic E-state index is -0.702. The molecule has 6 nitrogen and oxygen atoms in total. The number of nitrogens with one attached hydrogen (secondary N) is 1. The van der Waals surface area contributed by atoms with E-state index in [9.17, 15) is 10.1 Å². The Kier molecular flexibility index (Phi) is 5.96. The minimum Gasteiger partial charge on any atom is -0.494 e. The first kappa shape index (κ1) is 20.3. The zero-order valence-electron chi connectivity index (χ0n) is 16.9. The number of rotatable bonds is 7. The molecule has 1 aromatic heterocycles. The molecule has 1 amide bonds. The predicted molar refractivity (Wildman–Crippen MR) is 118 cm³/mol. The molecule has 3 aromatic rings. The van der Waals surface area contributed by atoms with Gasteiger partial charge in [0.1, 0.15) is 11.3 Å². The third-order valence-electron chi connectivity index (χ3n) is 5.32. The van der Waals surface area contributed by atoms with Crippen molar-refractivity contribution in [2.45, 2.75) is 43.3 Å². The van der Waals surface area contributed by atoms with Crippen LogP contribution in [0.4, 0.5) is 0 Å². The van der Waals surface area contributed by atoms with Crippen LogP contribution in [0, 0.1) is 11.3 Å². The van der Waals surface area contributed by atoms with Gasteiger partial charge in [0.05, 0.1) is 29.5 Å². The van der Waals surface area contributed by atoms with E-state index >= 15 is 0 Å². The molecule has 1 aliphatic carbocycles. The average Bonchev–Trinajstić information content (AvgIpc) is 3.38. The second kappa shape index (κ2) is 8.80. The second-order valence-corrected chi connectivity index (χ2v) is 8.33. The molecule has 0 saturated heterocycles. The highest BCUT2D eigenvalue weighted by Gasteiger charge is 2.35. The third-order valence-corrected chi connectivity index (χ3v) is 6.26. The number of hydrogen-bond donors (Lipinski definition) is 1. The normalized spacial score (nSPS) is 15.1. The Morgan fingerprint density at radius 1 is 1.23 bits per heavy atom. The van der Waals surface area contributed by atoms with Crippen LogP contribution in [0.5, 0.6) is 5.75 Å². The Balaban J connectivity index is 1.57. The number of benzene rings is 2. The minimum absolute atomic E-state index is 0.131. The fraction of sp³-hybridized carbons (Fsp3) is 0.348. The lowest BCUT2D eigenvalue weighted by Gasteiger charge is -2.21. The number of hydrogen-bond acceptors (Lipinski definition) is 5. The van der Waals surface area contributed by atoms with Crippen molar-refractivity contribution >= 4 is 28.7 Å². The molecule has 1 saturated carbocycles. The van der Waals surface area contributed by atoms with Gasteiger partial charge in [0.25, 0.3) is 0 Å². The summed E-state index contributed by atoms with van der Waals surface area (Å²) >= 11 is 1.38. The van der Waals surface area contributed by atoms with Crippen LogP contribution in [0.25, 0.3) is 16.7 Å². The average molecular weight is 421 g/mol. The van der Waals surface area contributed by atoms with Crippen molar-refractivity contribution in [3.05, 3.63) is 48.5 Å². The van der Waals surface area contributed by atoms with Crippen LogP contribution in [0.1, 0.15) is 32.6 Å². The summed E-state index contributed by atoms with van der Waals surface area (Å²) in [6.45, 7) is 2.58. The van der Waals surface area contributed by atoms with Crippen LogP contribution in [-0.2, 0) is 4.79 Å². The lowest BCUT2D eigenvalue weighted by atomic mass is 10.0. The molecule has 0 spiro atoms. The smallest absolute Gasteiger partial charge is 0.231 e. The molecule has 1 N–H and O–H groups in total. The molecule has 1 fully saturated rings. The van der Waals surface area contributed by atoms with Crippen LogP contribution in [0.15, 0.2) is 53.7 Å². The molecule has 2 aromatic carbocycles. The number of para-hydroxylation sites is 2. The summed E-state index contributed by atoms with van der Waals surface area (Å²) < 4.78 is 7.60. The maximum Gasteiger partial charge on any atom is 0.231 e. The van der Waals surface area contributed by atoms with Gasteiger partial charge in [0, 0.05) is 5.69 Å². The van der Waals surface area contributed by atoms with Gasteiger partial charge in [-0.2, -0.15) is 5.26 Å². The van der Waals surface area contributed by atoms with Gasteiger partial charge < -0.3 is 10.1 Å². The van der Waals surface area contributed by atoms with Gasteiger partial charge in [-0.1, -0.05) is 23.9 Å². The van der Waals surface area contributed by atoms with Gasteiger partial charge in [-0.3, -0.25) is 9.36 Å². The summed E-state index contributed by atoms with van der Waals surface area (Å²) in [4.78, 5) is 17.3. The Morgan fingerprint density at radius 3 is 2.67 bits per heavy atom. The van der Waals surface area contributed by atoms with E-state index in [0.717, 1.165) is 53.3 Å². The third kappa shape index (κ3) is 4.14. The molecule has 1 aliphatic rings. The molecule has 0 radical (unpaired) electrons. The highest BCUT2D eigenvalue weighted by molar-refractivity contribution is 7.99. The molecule has 1 heterocycles. The molecule has 0 bridgehead atoms. The highest BCUT2D eigenvalue weighted by atomic mass is 32.2. The number of nitriles is 1.